The summed E-state index contributed by atoms with van der Waals surface area (Å²) in [4.78, 5) is 4.83. The highest BCUT2D eigenvalue weighted by Crippen LogP contribution is 2.42. The molecule has 2 aliphatic rings. The van der Waals surface area contributed by atoms with Gasteiger partial charge >= 0.3 is 0 Å². The Balaban J connectivity index is 1.55. The van der Waals surface area contributed by atoms with E-state index in [0.29, 0.717) is 0 Å². The van der Waals surface area contributed by atoms with Crippen LogP contribution >= 0.6 is 0 Å². The van der Waals surface area contributed by atoms with Crippen LogP contribution in [-0.2, 0) is 11.3 Å². The Bertz CT molecular complexity index is 480. The predicted molar refractivity (Wildman–Crippen MR) is 86.4 cm³/mol. The van der Waals surface area contributed by atoms with Crippen LogP contribution in [0.2, 0.25) is 0 Å². The third-order valence-electron chi connectivity index (χ3n) is 5.16. The summed E-state index contributed by atoms with van der Waals surface area (Å²) in [6, 6.07) is 8.72. The number of hydrogen-bond donors (Lipinski definition) is 0. The normalized spacial score (nSPS) is 24.7. The van der Waals surface area contributed by atoms with Gasteiger partial charge in [-0.05, 0) is 57.5 Å². The molecule has 0 saturated carbocycles. The summed E-state index contributed by atoms with van der Waals surface area (Å²) in [5, 5.41) is 0. The smallest absolute Gasteiger partial charge is 0.0964 e. The molecule has 0 aliphatic carbocycles. The fraction of sp³-hybridized carbons (Fsp3) is 0.667. The highest BCUT2D eigenvalue weighted by Gasteiger charge is 2.52. The summed E-state index contributed by atoms with van der Waals surface area (Å²) in [6.07, 6.45) is 2.51. The van der Waals surface area contributed by atoms with Gasteiger partial charge in [0, 0.05) is 26.2 Å². The number of nitrogens with zero attached hydrogens (tertiary/aromatic N) is 2. The first-order chi connectivity index (χ1) is 10.1. The molecule has 1 aromatic rings. The van der Waals surface area contributed by atoms with Crippen molar-refractivity contribution in [3.05, 3.63) is 35.4 Å². The van der Waals surface area contributed by atoms with Crippen LogP contribution in [0.3, 0.4) is 0 Å². The first-order valence-electron chi connectivity index (χ1n) is 8.15. The van der Waals surface area contributed by atoms with Gasteiger partial charge in [-0.1, -0.05) is 24.3 Å². The lowest BCUT2D eigenvalue weighted by atomic mass is 9.78. The van der Waals surface area contributed by atoms with Crippen molar-refractivity contribution in [2.24, 2.45) is 5.92 Å². The van der Waals surface area contributed by atoms with Gasteiger partial charge in [0.05, 0.1) is 5.60 Å². The van der Waals surface area contributed by atoms with E-state index in [1.807, 2.05) is 0 Å². The maximum absolute atomic E-state index is 6.16. The zero-order valence-electron chi connectivity index (χ0n) is 13.6. The molecule has 1 aromatic carbocycles. The molecule has 2 fully saturated rings. The van der Waals surface area contributed by atoms with E-state index in [1.165, 1.54) is 30.5 Å². The van der Waals surface area contributed by atoms with Crippen molar-refractivity contribution in [2.45, 2.75) is 31.9 Å². The van der Waals surface area contributed by atoms with Crippen LogP contribution in [0.4, 0.5) is 0 Å². The number of aryl methyl sites for hydroxylation is 1. The molecular formula is C18H28N2O. The highest BCUT2D eigenvalue weighted by molar-refractivity contribution is 5.26. The lowest BCUT2D eigenvalue weighted by molar-refractivity contribution is -0.137. The van der Waals surface area contributed by atoms with Crippen LogP contribution in [-0.4, -0.2) is 55.7 Å². The van der Waals surface area contributed by atoms with Crippen LogP contribution in [0.15, 0.2) is 24.3 Å². The Hall–Kier alpha value is -0.900. The molecule has 116 valence electrons. The quantitative estimate of drug-likeness (QED) is 0.828. The Morgan fingerprint density at radius 2 is 2.05 bits per heavy atom. The van der Waals surface area contributed by atoms with Gasteiger partial charge < -0.3 is 9.64 Å². The van der Waals surface area contributed by atoms with Gasteiger partial charge in [0.1, 0.15) is 0 Å². The third kappa shape index (κ3) is 3.15. The molecule has 0 aromatic heterocycles. The van der Waals surface area contributed by atoms with Crippen molar-refractivity contribution >= 4 is 0 Å². The monoisotopic (exact) mass is 288 g/mol. The molecule has 3 nitrogen and oxygen atoms in total. The second-order valence-electron chi connectivity index (χ2n) is 7.06. The van der Waals surface area contributed by atoms with E-state index < -0.39 is 0 Å². The van der Waals surface area contributed by atoms with Crippen molar-refractivity contribution in [3.63, 3.8) is 0 Å². The Labute approximate surface area is 128 Å². The highest BCUT2D eigenvalue weighted by atomic mass is 16.5. The maximum Gasteiger partial charge on any atom is 0.0964 e. The van der Waals surface area contributed by atoms with E-state index in [4.69, 9.17) is 4.74 Å². The molecule has 1 unspecified atom stereocenters. The minimum absolute atomic E-state index is 0.165. The summed E-state index contributed by atoms with van der Waals surface area (Å²) < 4.78 is 6.16. The zero-order valence-corrected chi connectivity index (χ0v) is 13.6. The standard InChI is InChI=1S/C18H28N2O/c1-15-6-4-5-7-16(15)12-20-13-18(14-20)17(9-11-21-18)8-10-19(2)3/h4-7,17H,8-14H2,1-3H3. The molecule has 0 N–H and O–H groups in total. The van der Waals surface area contributed by atoms with Gasteiger partial charge in [0.15, 0.2) is 0 Å². The van der Waals surface area contributed by atoms with Crippen LogP contribution < -0.4 is 0 Å². The predicted octanol–water partition coefficient (Wildman–Crippen LogP) is 2.54. The molecular weight excluding hydrogens is 260 g/mol. The molecule has 0 bridgehead atoms. The summed E-state index contributed by atoms with van der Waals surface area (Å²) in [6.45, 7) is 7.62. The Morgan fingerprint density at radius 3 is 2.76 bits per heavy atom. The van der Waals surface area contributed by atoms with E-state index in [2.05, 4.69) is 55.1 Å². The average molecular weight is 288 g/mol. The molecule has 21 heavy (non-hydrogen) atoms. The minimum atomic E-state index is 0.165. The van der Waals surface area contributed by atoms with E-state index in [-0.39, 0.29) is 5.60 Å². The summed E-state index contributed by atoms with van der Waals surface area (Å²) >= 11 is 0. The van der Waals surface area contributed by atoms with E-state index in [0.717, 1.165) is 32.2 Å². The van der Waals surface area contributed by atoms with Gasteiger partial charge in [-0.3, -0.25) is 4.90 Å². The largest absolute Gasteiger partial charge is 0.372 e. The second-order valence-corrected chi connectivity index (χ2v) is 7.06. The summed E-state index contributed by atoms with van der Waals surface area (Å²) in [5.74, 6) is 0.744. The van der Waals surface area contributed by atoms with E-state index in [9.17, 15) is 0 Å². The fourth-order valence-electron chi connectivity index (χ4n) is 3.81. The van der Waals surface area contributed by atoms with Crippen LogP contribution in [0.1, 0.15) is 24.0 Å². The number of likely N-dealkylation sites (tertiary alicyclic amines) is 1. The van der Waals surface area contributed by atoms with Gasteiger partial charge in [0.2, 0.25) is 0 Å². The van der Waals surface area contributed by atoms with Crippen LogP contribution in [0.25, 0.3) is 0 Å². The van der Waals surface area contributed by atoms with Crippen molar-refractivity contribution in [3.8, 4) is 0 Å². The van der Waals surface area contributed by atoms with Crippen molar-refractivity contribution in [2.75, 3.05) is 40.3 Å². The molecule has 0 amide bonds. The van der Waals surface area contributed by atoms with Gasteiger partial charge in [-0.2, -0.15) is 0 Å². The SMILES string of the molecule is Cc1ccccc1CN1CC2(C1)OCCC2CCN(C)C. The summed E-state index contributed by atoms with van der Waals surface area (Å²) in [5.41, 5.74) is 3.02. The molecule has 1 spiro atoms. The van der Waals surface area contributed by atoms with Gasteiger partial charge in [0.25, 0.3) is 0 Å². The number of ether oxygens (including phenoxy) is 1. The van der Waals surface area contributed by atoms with Gasteiger partial charge in [-0.25, -0.2) is 0 Å². The third-order valence-corrected chi connectivity index (χ3v) is 5.16. The first kappa shape index (κ1) is 15.0. The van der Waals surface area contributed by atoms with Crippen molar-refractivity contribution < 1.29 is 4.74 Å². The maximum atomic E-state index is 6.16. The summed E-state index contributed by atoms with van der Waals surface area (Å²) in [7, 11) is 4.32. The molecule has 3 rings (SSSR count). The van der Waals surface area contributed by atoms with Crippen LogP contribution in [0, 0.1) is 12.8 Å². The molecule has 1 atom stereocenters. The molecule has 0 radical (unpaired) electrons. The number of hydrogen-bond acceptors (Lipinski definition) is 3. The Morgan fingerprint density at radius 1 is 1.29 bits per heavy atom. The van der Waals surface area contributed by atoms with Crippen molar-refractivity contribution in [1.29, 1.82) is 0 Å². The average Bonchev–Trinajstić information content (AvgIpc) is 2.82. The van der Waals surface area contributed by atoms with Crippen molar-refractivity contribution in [1.82, 2.24) is 9.80 Å². The lowest BCUT2D eigenvalue weighted by Crippen LogP contribution is -2.64. The number of rotatable bonds is 5. The lowest BCUT2D eigenvalue weighted by Gasteiger charge is -2.50. The zero-order chi connectivity index (χ0) is 14.9. The Kier molecular flexibility index (Phi) is 4.34. The molecule has 2 aliphatic heterocycles. The molecule has 2 heterocycles. The molecule has 2 saturated heterocycles. The fourth-order valence-corrected chi connectivity index (χ4v) is 3.81. The minimum Gasteiger partial charge on any atom is -0.372 e. The van der Waals surface area contributed by atoms with Gasteiger partial charge in [-0.15, -0.1) is 0 Å². The van der Waals surface area contributed by atoms with E-state index >= 15 is 0 Å². The first-order valence-corrected chi connectivity index (χ1v) is 8.15. The molecule has 3 heteroatoms. The topological polar surface area (TPSA) is 15.7 Å². The van der Waals surface area contributed by atoms with Crippen LogP contribution in [0.5, 0.6) is 0 Å². The number of benzene rings is 1. The van der Waals surface area contributed by atoms with E-state index in [1.54, 1.807) is 0 Å². The second kappa shape index (κ2) is 6.07.